The Morgan fingerprint density at radius 3 is 2.38 bits per heavy atom. The van der Waals surface area contributed by atoms with E-state index in [1.54, 1.807) is 12.1 Å². The number of amides is 1. The molecule has 2 aromatic rings. The van der Waals surface area contributed by atoms with E-state index in [0.29, 0.717) is 18.9 Å². The average molecular weight is 285 g/mol. The zero-order valence-corrected chi connectivity index (χ0v) is 12.0. The molecule has 0 heterocycles. The summed E-state index contributed by atoms with van der Waals surface area (Å²) < 4.78 is 10.6. The molecule has 0 fully saturated rings. The van der Waals surface area contributed by atoms with Crippen LogP contribution in [0.4, 0.5) is 4.79 Å². The van der Waals surface area contributed by atoms with E-state index in [9.17, 15) is 4.79 Å². The van der Waals surface area contributed by atoms with Crippen LogP contribution < -0.4 is 14.8 Å². The van der Waals surface area contributed by atoms with Crippen molar-refractivity contribution in [1.82, 2.24) is 5.32 Å². The molecule has 0 saturated carbocycles. The molecule has 110 valence electrons. The van der Waals surface area contributed by atoms with E-state index in [-0.39, 0.29) is 0 Å². The maximum atomic E-state index is 11.6. The Bertz CT molecular complexity index is 552. The van der Waals surface area contributed by atoms with Crippen molar-refractivity contribution in [3.8, 4) is 11.5 Å². The number of nitrogens with one attached hydrogen (secondary N) is 1. The predicted octanol–water partition coefficient (Wildman–Crippen LogP) is 3.76. The first-order valence-electron chi connectivity index (χ1n) is 7.00. The number of carbonyl (C=O) groups excluding carboxylic acids is 1. The SMILES string of the molecule is CCCOc1ccc(CNC(=O)Oc2ccccc2)cc1. The third kappa shape index (κ3) is 5.18. The van der Waals surface area contributed by atoms with E-state index in [2.05, 4.69) is 12.2 Å². The molecule has 0 aromatic heterocycles. The molecule has 0 aliphatic heterocycles. The van der Waals surface area contributed by atoms with Gasteiger partial charge in [-0.25, -0.2) is 4.79 Å². The molecule has 4 heteroatoms. The summed E-state index contributed by atoms with van der Waals surface area (Å²) in [5.74, 6) is 1.37. The standard InChI is InChI=1S/C17H19NO3/c1-2-12-20-15-10-8-14(9-11-15)13-18-17(19)21-16-6-4-3-5-7-16/h3-11H,2,12-13H2,1H3,(H,18,19). The molecule has 0 aliphatic carbocycles. The lowest BCUT2D eigenvalue weighted by Gasteiger charge is -2.08. The molecule has 1 amide bonds. The summed E-state index contributed by atoms with van der Waals surface area (Å²) in [5, 5.41) is 2.71. The topological polar surface area (TPSA) is 47.6 Å². The summed E-state index contributed by atoms with van der Waals surface area (Å²) >= 11 is 0. The number of ether oxygens (including phenoxy) is 2. The average Bonchev–Trinajstić information content (AvgIpc) is 2.53. The highest BCUT2D eigenvalue weighted by Gasteiger charge is 2.03. The molecule has 4 nitrogen and oxygen atoms in total. The zero-order chi connectivity index (χ0) is 14.9. The fourth-order valence-corrected chi connectivity index (χ4v) is 1.73. The van der Waals surface area contributed by atoms with Crippen LogP contribution >= 0.6 is 0 Å². The van der Waals surface area contributed by atoms with Crippen molar-refractivity contribution in [3.63, 3.8) is 0 Å². The second kappa shape index (κ2) is 7.94. The molecule has 0 aliphatic rings. The first-order valence-corrected chi connectivity index (χ1v) is 7.00. The van der Waals surface area contributed by atoms with Gasteiger partial charge in [-0.05, 0) is 36.2 Å². The number of hydrogen-bond donors (Lipinski definition) is 1. The molecule has 0 atom stereocenters. The van der Waals surface area contributed by atoms with Gasteiger partial charge in [-0.15, -0.1) is 0 Å². The van der Waals surface area contributed by atoms with E-state index >= 15 is 0 Å². The van der Waals surface area contributed by atoms with E-state index < -0.39 is 6.09 Å². The van der Waals surface area contributed by atoms with Crippen molar-refractivity contribution in [2.45, 2.75) is 19.9 Å². The summed E-state index contributed by atoms with van der Waals surface area (Å²) in [7, 11) is 0. The Hall–Kier alpha value is -2.49. The predicted molar refractivity (Wildman–Crippen MR) is 81.5 cm³/mol. The molecule has 0 radical (unpaired) electrons. The maximum Gasteiger partial charge on any atom is 0.412 e. The largest absolute Gasteiger partial charge is 0.494 e. The monoisotopic (exact) mass is 285 g/mol. The van der Waals surface area contributed by atoms with Crippen LogP contribution in [0, 0.1) is 0 Å². The number of hydrogen-bond acceptors (Lipinski definition) is 3. The van der Waals surface area contributed by atoms with Gasteiger partial charge in [-0.2, -0.15) is 0 Å². The van der Waals surface area contributed by atoms with Crippen molar-refractivity contribution in [3.05, 3.63) is 60.2 Å². The Labute approximate surface area is 124 Å². The Morgan fingerprint density at radius 2 is 1.71 bits per heavy atom. The number of rotatable bonds is 6. The van der Waals surface area contributed by atoms with Gasteiger partial charge in [-0.3, -0.25) is 0 Å². The molecule has 2 aromatic carbocycles. The minimum Gasteiger partial charge on any atom is -0.494 e. The first-order chi connectivity index (χ1) is 10.3. The second-order valence-corrected chi connectivity index (χ2v) is 4.55. The summed E-state index contributed by atoms with van der Waals surface area (Å²) in [6.45, 7) is 3.19. The number of carbonyl (C=O) groups is 1. The summed E-state index contributed by atoms with van der Waals surface area (Å²) in [4.78, 5) is 11.6. The van der Waals surface area contributed by atoms with Gasteiger partial charge in [-0.1, -0.05) is 37.3 Å². The summed E-state index contributed by atoms with van der Waals surface area (Å²) in [6.07, 6.45) is 0.516. The molecule has 2 rings (SSSR count). The molecule has 1 N–H and O–H groups in total. The molecular formula is C17H19NO3. The van der Waals surface area contributed by atoms with Crippen molar-refractivity contribution in [2.24, 2.45) is 0 Å². The zero-order valence-electron chi connectivity index (χ0n) is 12.0. The normalized spacial score (nSPS) is 9.95. The van der Waals surface area contributed by atoms with Crippen LogP contribution in [0.5, 0.6) is 11.5 Å². The van der Waals surface area contributed by atoms with Crippen molar-refractivity contribution in [2.75, 3.05) is 6.61 Å². The van der Waals surface area contributed by atoms with Gasteiger partial charge >= 0.3 is 6.09 Å². The van der Waals surface area contributed by atoms with Gasteiger partial charge in [0.25, 0.3) is 0 Å². The molecule has 0 unspecified atom stereocenters. The van der Waals surface area contributed by atoms with Crippen LogP contribution in [0.15, 0.2) is 54.6 Å². The van der Waals surface area contributed by atoms with Crippen LogP contribution in [0.25, 0.3) is 0 Å². The molecule has 0 bridgehead atoms. The third-order valence-corrected chi connectivity index (χ3v) is 2.79. The van der Waals surface area contributed by atoms with Gasteiger partial charge in [0.2, 0.25) is 0 Å². The van der Waals surface area contributed by atoms with Gasteiger partial charge in [0.05, 0.1) is 6.61 Å². The van der Waals surface area contributed by atoms with Crippen molar-refractivity contribution >= 4 is 6.09 Å². The number of para-hydroxylation sites is 1. The lowest BCUT2D eigenvalue weighted by atomic mass is 10.2. The van der Waals surface area contributed by atoms with Gasteiger partial charge in [0.1, 0.15) is 11.5 Å². The Morgan fingerprint density at radius 1 is 1.00 bits per heavy atom. The highest BCUT2D eigenvalue weighted by Crippen LogP contribution is 2.12. The van der Waals surface area contributed by atoms with Crippen LogP contribution in [-0.4, -0.2) is 12.7 Å². The number of benzene rings is 2. The van der Waals surface area contributed by atoms with Crippen LogP contribution in [0.3, 0.4) is 0 Å². The fourth-order valence-electron chi connectivity index (χ4n) is 1.73. The fraction of sp³-hybridized carbons (Fsp3) is 0.235. The summed E-state index contributed by atoms with van der Waals surface area (Å²) in [5.41, 5.74) is 0.990. The van der Waals surface area contributed by atoms with Crippen molar-refractivity contribution < 1.29 is 14.3 Å². The van der Waals surface area contributed by atoms with Crippen LogP contribution in [-0.2, 0) is 6.54 Å². The molecule has 0 saturated heterocycles. The van der Waals surface area contributed by atoms with E-state index in [0.717, 1.165) is 17.7 Å². The quantitative estimate of drug-likeness (QED) is 0.879. The van der Waals surface area contributed by atoms with E-state index in [4.69, 9.17) is 9.47 Å². The highest BCUT2D eigenvalue weighted by atomic mass is 16.6. The maximum absolute atomic E-state index is 11.6. The van der Waals surface area contributed by atoms with Gasteiger partial charge < -0.3 is 14.8 Å². The Balaban J connectivity index is 1.78. The van der Waals surface area contributed by atoms with E-state index in [1.165, 1.54) is 0 Å². The smallest absolute Gasteiger partial charge is 0.412 e. The minimum atomic E-state index is -0.465. The van der Waals surface area contributed by atoms with Crippen LogP contribution in [0.1, 0.15) is 18.9 Å². The molecule has 21 heavy (non-hydrogen) atoms. The van der Waals surface area contributed by atoms with Gasteiger partial charge in [0.15, 0.2) is 0 Å². The lowest BCUT2D eigenvalue weighted by molar-refractivity contribution is 0.200. The van der Waals surface area contributed by atoms with Crippen LogP contribution in [0.2, 0.25) is 0 Å². The highest BCUT2D eigenvalue weighted by molar-refractivity contribution is 5.70. The third-order valence-electron chi connectivity index (χ3n) is 2.79. The van der Waals surface area contributed by atoms with E-state index in [1.807, 2.05) is 42.5 Å². The Kier molecular flexibility index (Phi) is 5.64. The lowest BCUT2D eigenvalue weighted by Crippen LogP contribution is -2.26. The molecule has 0 spiro atoms. The first kappa shape index (κ1) is 14.9. The second-order valence-electron chi connectivity index (χ2n) is 4.55. The minimum absolute atomic E-state index is 0.416. The van der Waals surface area contributed by atoms with Gasteiger partial charge in [0, 0.05) is 6.54 Å². The molecular weight excluding hydrogens is 266 g/mol. The van der Waals surface area contributed by atoms with Crippen molar-refractivity contribution in [1.29, 1.82) is 0 Å². The summed E-state index contributed by atoms with van der Waals surface area (Å²) in [6, 6.07) is 16.6.